The summed E-state index contributed by atoms with van der Waals surface area (Å²) in [6.45, 7) is 2.19. The normalized spacial score (nSPS) is 9.97. The molecule has 7 heteroatoms. The average molecular weight is 392 g/mol. The van der Waals surface area contributed by atoms with Crippen molar-refractivity contribution in [3.8, 4) is 17.9 Å². The van der Waals surface area contributed by atoms with Gasteiger partial charge in [-0.2, -0.15) is 10.5 Å². The molecule has 144 valence electrons. The van der Waals surface area contributed by atoms with E-state index in [1.165, 1.54) is 4.81 Å². The summed E-state index contributed by atoms with van der Waals surface area (Å²) in [6, 6.07) is 18.1. The van der Waals surface area contributed by atoms with E-state index in [9.17, 15) is 4.79 Å². The highest BCUT2D eigenvalue weighted by atomic mass is 16.5. The van der Waals surface area contributed by atoms with Crippen molar-refractivity contribution in [2.45, 2.75) is 20.1 Å². The van der Waals surface area contributed by atoms with Crippen LogP contribution in [0.15, 0.2) is 54.7 Å². The van der Waals surface area contributed by atoms with Crippen LogP contribution in [0.4, 0.5) is 5.69 Å². The Labute approximate surface area is 176 Å². The minimum Gasteiger partial charge on any atom is -0.486 e. The molecule has 2 radical (unpaired) electrons. The van der Waals surface area contributed by atoms with Gasteiger partial charge < -0.3 is 9.55 Å². The minimum atomic E-state index is 0.199. The molecular weight excluding hydrogens is 375 g/mol. The molecule has 1 aromatic heterocycles. The lowest BCUT2D eigenvalue weighted by Gasteiger charge is -2.22. The molecular formula is C23H17BN4O2. The van der Waals surface area contributed by atoms with Gasteiger partial charge in [0.25, 0.3) is 0 Å². The van der Waals surface area contributed by atoms with Crippen LogP contribution in [0.5, 0.6) is 5.75 Å². The van der Waals surface area contributed by atoms with E-state index in [1.54, 1.807) is 55.6 Å². The van der Waals surface area contributed by atoms with Crippen LogP contribution in [-0.2, 0) is 13.2 Å². The number of nitriles is 2. The van der Waals surface area contributed by atoms with Crippen LogP contribution in [0.25, 0.3) is 0 Å². The van der Waals surface area contributed by atoms with E-state index >= 15 is 0 Å². The molecule has 0 fully saturated rings. The first kappa shape index (κ1) is 20.6. The number of hydrogen-bond acceptors (Lipinski definition) is 6. The van der Waals surface area contributed by atoms with E-state index < -0.39 is 0 Å². The Bertz CT molecular complexity index is 1150. The lowest BCUT2D eigenvalue weighted by molar-refractivity contribution is 0.111. The van der Waals surface area contributed by atoms with Crippen molar-refractivity contribution in [2.75, 3.05) is 4.81 Å². The third kappa shape index (κ3) is 4.66. The molecule has 0 aliphatic heterocycles. The van der Waals surface area contributed by atoms with Gasteiger partial charge in [0.15, 0.2) is 12.0 Å². The summed E-state index contributed by atoms with van der Waals surface area (Å²) in [6.07, 6.45) is 2.34. The number of aryl methyl sites for hydroxylation is 1. The number of anilines is 1. The van der Waals surface area contributed by atoms with Gasteiger partial charge >= 0.3 is 0 Å². The Balaban J connectivity index is 1.83. The average Bonchev–Trinajstić information content (AvgIpc) is 2.79. The Morgan fingerprint density at radius 1 is 1.13 bits per heavy atom. The maximum Gasteiger partial charge on any atom is 0.227 e. The highest BCUT2D eigenvalue weighted by molar-refractivity contribution is 6.17. The molecule has 3 rings (SSSR count). The fourth-order valence-electron chi connectivity index (χ4n) is 2.97. The zero-order valence-electron chi connectivity index (χ0n) is 16.4. The number of hydrogen-bond donors (Lipinski definition) is 0. The lowest BCUT2D eigenvalue weighted by Crippen LogP contribution is -2.20. The van der Waals surface area contributed by atoms with Gasteiger partial charge in [0.05, 0.1) is 34.5 Å². The van der Waals surface area contributed by atoms with Crippen LogP contribution in [0.3, 0.4) is 0 Å². The van der Waals surface area contributed by atoms with Gasteiger partial charge in [-0.3, -0.25) is 9.78 Å². The SMILES string of the molecule is [B]N(Cc1cnc(C)c(OCc2cccc(C#N)c2)c1C=O)c1ccc(C#N)cc1. The summed E-state index contributed by atoms with van der Waals surface area (Å²) in [4.78, 5) is 17.7. The second-order valence-electron chi connectivity index (χ2n) is 6.62. The fraction of sp³-hybridized carbons (Fsp3) is 0.130. The molecule has 2 aromatic carbocycles. The van der Waals surface area contributed by atoms with Crippen molar-refractivity contribution in [3.05, 3.63) is 88.2 Å². The van der Waals surface area contributed by atoms with E-state index in [2.05, 4.69) is 17.1 Å². The molecule has 3 aromatic rings. The van der Waals surface area contributed by atoms with Crippen LogP contribution in [0.2, 0.25) is 0 Å². The molecule has 0 aliphatic rings. The van der Waals surface area contributed by atoms with Crippen LogP contribution >= 0.6 is 0 Å². The lowest BCUT2D eigenvalue weighted by atomic mass is 10.1. The fourth-order valence-corrected chi connectivity index (χ4v) is 2.97. The zero-order chi connectivity index (χ0) is 21.5. The molecule has 0 amide bonds. The quantitative estimate of drug-likeness (QED) is 0.451. The number of aldehydes is 1. The number of rotatable bonds is 7. The molecule has 0 saturated heterocycles. The van der Waals surface area contributed by atoms with Gasteiger partial charge in [0.2, 0.25) is 7.98 Å². The van der Waals surface area contributed by atoms with Crippen molar-refractivity contribution in [2.24, 2.45) is 0 Å². The van der Waals surface area contributed by atoms with Crippen molar-refractivity contribution >= 4 is 20.0 Å². The van der Waals surface area contributed by atoms with E-state index in [1.807, 2.05) is 6.07 Å². The number of carbonyl (C=O) groups excluding carboxylic acids is 1. The van der Waals surface area contributed by atoms with Gasteiger partial charge in [-0.05, 0) is 48.9 Å². The molecule has 0 aliphatic carbocycles. The maximum atomic E-state index is 11.9. The van der Waals surface area contributed by atoms with Crippen LogP contribution in [0, 0.1) is 29.6 Å². The number of pyridine rings is 1. The van der Waals surface area contributed by atoms with E-state index in [-0.39, 0.29) is 13.2 Å². The molecule has 0 bridgehead atoms. The Kier molecular flexibility index (Phi) is 6.47. The first-order valence-corrected chi connectivity index (χ1v) is 9.13. The highest BCUT2D eigenvalue weighted by Gasteiger charge is 2.15. The zero-order valence-corrected chi connectivity index (χ0v) is 16.4. The smallest absolute Gasteiger partial charge is 0.227 e. The summed E-state index contributed by atoms with van der Waals surface area (Å²) in [5.74, 6) is 0.387. The number of nitrogens with zero attached hydrogens (tertiary/aromatic N) is 4. The van der Waals surface area contributed by atoms with Gasteiger partial charge in [0, 0.05) is 24.0 Å². The summed E-state index contributed by atoms with van der Waals surface area (Å²) in [5, 5.41) is 18.0. The van der Waals surface area contributed by atoms with Crippen LogP contribution in [-0.4, -0.2) is 19.3 Å². The van der Waals surface area contributed by atoms with Crippen molar-refractivity contribution < 1.29 is 9.53 Å². The van der Waals surface area contributed by atoms with E-state index in [0.29, 0.717) is 39.4 Å². The topological polar surface area (TPSA) is 90.0 Å². The standard InChI is InChI=1S/C23H17BN4O2/c1-16-23(30-15-19-4-2-3-18(9-19)11-26)22(14-29)20(12-27-16)13-28(24)21-7-5-17(10-25)6-8-21/h2-9,12,14H,13,15H2,1H3. The van der Waals surface area contributed by atoms with E-state index in [0.717, 1.165) is 11.8 Å². The minimum absolute atomic E-state index is 0.199. The predicted octanol–water partition coefficient (Wildman–Crippen LogP) is 3.61. The van der Waals surface area contributed by atoms with Gasteiger partial charge in [-0.25, -0.2) is 0 Å². The van der Waals surface area contributed by atoms with Crippen LogP contribution < -0.4 is 9.55 Å². The maximum absolute atomic E-state index is 11.9. The summed E-state index contributed by atoms with van der Waals surface area (Å²) < 4.78 is 5.90. The number of carbonyl (C=O) groups is 1. The van der Waals surface area contributed by atoms with Gasteiger partial charge in [0.1, 0.15) is 6.61 Å². The van der Waals surface area contributed by atoms with E-state index in [4.69, 9.17) is 23.2 Å². The first-order valence-electron chi connectivity index (χ1n) is 9.13. The summed E-state index contributed by atoms with van der Waals surface area (Å²) >= 11 is 0. The monoisotopic (exact) mass is 392 g/mol. The number of aromatic nitrogens is 1. The third-order valence-electron chi connectivity index (χ3n) is 4.56. The largest absolute Gasteiger partial charge is 0.486 e. The highest BCUT2D eigenvalue weighted by Crippen LogP contribution is 2.27. The summed E-state index contributed by atoms with van der Waals surface area (Å²) in [5.41, 5.74) is 4.16. The molecule has 6 nitrogen and oxygen atoms in total. The van der Waals surface area contributed by atoms with Gasteiger partial charge in [-0.15, -0.1) is 0 Å². The van der Waals surface area contributed by atoms with Crippen molar-refractivity contribution in [3.63, 3.8) is 0 Å². The third-order valence-corrected chi connectivity index (χ3v) is 4.56. The predicted molar refractivity (Wildman–Crippen MR) is 113 cm³/mol. The summed E-state index contributed by atoms with van der Waals surface area (Å²) in [7, 11) is 6.16. The molecule has 30 heavy (non-hydrogen) atoms. The molecule has 0 saturated carbocycles. The molecule has 0 atom stereocenters. The molecule has 0 spiro atoms. The second-order valence-corrected chi connectivity index (χ2v) is 6.62. The Morgan fingerprint density at radius 3 is 2.53 bits per heavy atom. The Hall–Kier alpha value is -4.10. The number of benzene rings is 2. The second kappa shape index (κ2) is 9.40. The van der Waals surface area contributed by atoms with Crippen molar-refractivity contribution in [1.29, 1.82) is 10.5 Å². The van der Waals surface area contributed by atoms with Gasteiger partial charge in [-0.1, -0.05) is 12.1 Å². The molecule has 0 unspecified atom stereocenters. The Morgan fingerprint density at radius 2 is 1.87 bits per heavy atom. The first-order chi connectivity index (χ1) is 14.5. The van der Waals surface area contributed by atoms with Crippen molar-refractivity contribution in [1.82, 2.24) is 4.98 Å². The molecule has 0 N–H and O–H groups in total. The molecule has 1 heterocycles. The van der Waals surface area contributed by atoms with Crippen LogP contribution in [0.1, 0.15) is 38.3 Å². The number of ether oxygens (including phenoxy) is 1.